The molecule has 3 rings (SSSR count). The Hall–Kier alpha value is -2.87. The van der Waals surface area contributed by atoms with Gasteiger partial charge < -0.3 is 19.9 Å². The van der Waals surface area contributed by atoms with Crippen molar-refractivity contribution >= 4 is 11.9 Å². The van der Waals surface area contributed by atoms with Gasteiger partial charge in [0, 0.05) is 32.3 Å². The van der Waals surface area contributed by atoms with Gasteiger partial charge in [-0.25, -0.2) is 9.48 Å². The highest BCUT2D eigenvalue weighted by Gasteiger charge is 2.42. The number of rotatable bonds is 5. The molecule has 0 atom stereocenters. The van der Waals surface area contributed by atoms with Crippen LogP contribution in [0.3, 0.4) is 0 Å². The second-order valence-electron chi connectivity index (χ2n) is 5.80. The molecule has 1 aromatic carbocycles. The van der Waals surface area contributed by atoms with Crippen molar-refractivity contribution in [1.82, 2.24) is 15.1 Å². The summed E-state index contributed by atoms with van der Waals surface area (Å²) in [6.07, 6.45) is 2.11. The number of aliphatic carboxylic acids is 1. The monoisotopic (exact) mass is 345 g/mol. The first-order valence-corrected chi connectivity index (χ1v) is 7.88. The van der Waals surface area contributed by atoms with Crippen LogP contribution in [0, 0.1) is 0 Å². The summed E-state index contributed by atoms with van der Waals surface area (Å²) in [5.41, 5.74) is -0.388. The Bertz CT molecular complexity index is 763. The van der Waals surface area contributed by atoms with E-state index in [-0.39, 0.29) is 18.5 Å². The van der Waals surface area contributed by atoms with Crippen LogP contribution in [-0.4, -0.2) is 52.6 Å². The largest absolute Gasteiger partial charge is 0.497 e. The topological polar surface area (TPSA) is 103 Å². The van der Waals surface area contributed by atoms with Gasteiger partial charge >= 0.3 is 5.97 Å². The van der Waals surface area contributed by atoms with Crippen molar-refractivity contribution in [2.75, 3.05) is 20.3 Å². The van der Waals surface area contributed by atoms with Crippen molar-refractivity contribution in [3.63, 3.8) is 0 Å². The molecule has 0 radical (unpaired) electrons. The summed E-state index contributed by atoms with van der Waals surface area (Å²) in [7, 11) is 1.58. The maximum atomic E-state index is 12.5. The van der Waals surface area contributed by atoms with Gasteiger partial charge in [0.2, 0.25) is 0 Å². The molecule has 0 unspecified atom stereocenters. The van der Waals surface area contributed by atoms with E-state index in [0.29, 0.717) is 13.2 Å². The van der Waals surface area contributed by atoms with Gasteiger partial charge in [0.25, 0.3) is 5.91 Å². The van der Waals surface area contributed by atoms with Gasteiger partial charge in [-0.2, -0.15) is 5.10 Å². The van der Waals surface area contributed by atoms with Gasteiger partial charge in [-0.15, -0.1) is 0 Å². The van der Waals surface area contributed by atoms with Crippen LogP contribution in [0.2, 0.25) is 0 Å². The van der Waals surface area contributed by atoms with Crippen LogP contribution >= 0.6 is 0 Å². The minimum Gasteiger partial charge on any atom is -0.497 e. The van der Waals surface area contributed by atoms with Crippen LogP contribution in [-0.2, 0) is 9.53 Å². The Morgan fingerprint density at radius 2 is 1.92 bits per heavy atom. The highest BCUT2D eigenvalue weighted by molar-refractivity contribution is 5.96. The summed E-state index contributed by atoms with van der Waals surface area (Å²) in [6.45, 7) is 0.597. The van der Waals surface area contributed by atoms with E-state index in [4.69, 9.17) is 9.47 Å². The third-order valence-corrected chi connectivity index (χ3v) is 4.27. The quantitative estimate of drug-likeness (QED) is 0.845. The maximum absolute atomic E-state index is 12.5. The van der Waals surface area contributed by atoms with Gasteiger partial charge in [0.05, 0.1) is 12.8 Å². The first-order valence-electron chi connectivity index (χ1n) is 7.88. The van der Waals surface area contributed by atoms with Crippen LogP contribution < -0.4 is 10.1 Å². The van der Waals surface area contributed by atoms with Crippen molar-refractivity contribution < 1.29 is 24.2 Å². The second kappa shape index (κ2) is 6.94. The Labute approximate surface area is 144 Å². The molecule has 0 saturated carbocycles. The van der Waals surface area contributed by atoms with Gasteiger partial charge in [0.1, 0.15) is 11.3 Å². The molecule has 0 bridgehead atoms. The molecule has 1 aliphatic rings. The molecule has 1 saturated heterocycles. The molecule has 1 aliphatic heterocycles. The normalized spacial score (nSPS) is 16.2. The summed E-state index contributed by atoms with van der Waals surface area (Å²) in [6, 6.07) is 8.75. The highest BCUT2D eigenvalue weighted by atomic mass is 16.5. The smallest absolute Gasteiger partial charge is 0.329 e. The van der Waals surface area contributed by atoms with E-state index in [1.54, 1.807) is 36.2 Å². The number of ether oxygens (including phenoxy) is 2. The minimum absolute atomic E-state index is 0.155. The number of carboxylic acids is 1. The van der Waals surface area contributed by atoms with Gasteiger partial charge in [-0.05, 0) is 30.3 Å². The Morgan fingerprint density at radius 3 is 2.52 bits per heavy atom. The zero-order valence-corrected chi connectivity index (χ0v) is 13.8. The van der Waals surface area contributed by atoms with Crippen molar-refractivity contribution in [1.29, 1.82) is 0 Å². The highest BCUT2D eigenvalue weighted by Crippen LogP contribution is 2.22. The third-order valence-electron chi connectivity index (χ3n) is 4.27. The van der Waals surface area contributed by atoms with Crippen LogP contribution in [0.5, 0.6) is 5.75 Å². The summed E-state index contributed by atoms with van der Waals surface area (Å²) in [5, 5.41) is 16.4. The molecule has 132 valence electrons. The molecule has 8 heteroatoms. The van der Waals surface area contributed by atoms with Gasteiger partial charge in [0.15, 0.2) is 5.69 Å². The van der Waals surface area contributed by atoms with E-state index >= 15 is 0 Å². The number of hydrogen-bond acceptors (Lipinski definition) is 5. The van der Waals surface area contributed by atoms with E-state index in [1.165, 1.54) is 0 Å². The Kier molecular flexibility index (Phi) is 4.71. The third kappa shape index (κ3) is 3.48. The predicted molar refractivity (Wildman–Crippen MR) is 88.0 cm³/mol. The molecule has 2 aromatic rings. The summed E-state index contributed by atoms with van der Waals surface area (Å²) < 4.78 is 11.9. The van der Waals surface area contributed by atoms with Crippen molar-refractivity contribution in [3.05, 3.63) is 42.2 Å². The number of carboxylic acid groups (broad SMARTS) is 1. The number of hydrogen-bond donors (Lipinski definition) is 2. The van der Waals surface area contributed by atoms with Crippen LogP contribution in [0.4, 0.5) is 0 Å². The van der Waals surface area contributed by atoms with Crippen LogP contribution in [0.25, 0.3) is 5.69 Å². The van der Waals surface area contributed by atoms with Gasteiger partial charge in [-0.1, -0.05) is 0 Å². The van der Waals surface area contributed by atoms with Crippen LogP contribution in [0.1, 0.15) is 23.3 Å². The molecule has 2 heterocycles. The lowest BCUT2D eigenvalue weighted by molar-refractivity contribution is -0.148. The zero-order chi connectivity index (χ0) is 17.9. The molecule has 1 amide bonds. The number of carbonyl (C=O) groups is 2. The fourth-order valence-corrected chi connectivity index (χ4v) is 2.72. The lowest BCUT2D eigenvalue weighted by Gasteiger charge is -2.33. The summed E-state index contributed by atoms with van der Waals surface area (Å²) >= 11 is 0. The first kappa shape index (κ1) is 17.0. The first-order chi connectivity index (χ1) is 12.0. The second-order valence-corrected chi connectivity index (χ2v) is 5.80. The van der Waals surface area contributed by atoms with E-state index in [0.717, 1.165) is 11.4 Å². The average molecular weight is 345 g/mol. The fraction of sp³-hybridized carbons (Fsp3) is 0.353. The van der Waals surface area contributed by atoms with Gasteiger partial charge in [-0.3, -0.25) is 4.79 Å². The molecular weight excluding hydrogens is 326 g/mol. The van der Waals surface area contributed by atoms with Crippen LogP contribution in [0.15, 0.2) is 36.5 Å². The number of amides is 1. The minimum atomic E-state index is -1.31. The Balaban J connectivity index is 1.76. The number of methoxy groups -OCH3 is 1. The maximum Gasteiger partial charge on any atom is 0.329 e. The molecule has 25 heavy (non-hydrogen) atoms. The molecule has 1 aromatic heterocycles. The lowest BCUT2D eigenvalue weighted by atomic mass is 9.90. The molecule has 1 fully saturated rings. The van der Waals surface area contributed by atoms with E-state index in [1.807, 2.05) is 12.1 Å². The van der Waals surface area contributed by atoms with E-state index < -0.39 is 17.4 Å². The van der Waals surface area contributed by atoms with Crippen molar-refractivity contribution in [3.8, 4) is 11.4 Å². The van der Waals surface area contributed by atoms with E-state index in [2.05, 4.69) is 10.4 Å². The fourth-order valence-electron chi connectivity index (χ4n) is 2.72. The molecule has 8 nitrogen and oxygen atoms in total. The molecule has 2 N–H and O–H groups in total. The van der Waals surface area contributed by atoms with E-state index in [9.17, 15) is 14.7 Å². The summed E-state index contributed by atoms with van der Waals surface area (Å²) in [5.74, 6) is -0.855. The molecule has 0 spiro atoms. The predicted octanol–water partition coefficient (Wildman–Crippen LogP) is 1.24. The number of benzene rings is 1. The number of aromatic nitrogens is 2. The summed E-state index contributed by atoms with van der Waals surface area (Å²) in [4.78, 5) is 24.1. The van der Waals surface area contributed by atoms with Crippen molar-refractivity contribution in [2.24, 2.45) is 0 Å². The number of nitrogens with one attached hydrogen (secondary N) is 1. The lowest BCUT2D eigenvalue weighted by Crippen LogP contribution is -2.57. The number of nitrogens with zero attached hydrogens (tertiary/aromatic N) is 2. The Morgan fingerprint density at radius 1 is 1.24 bits per heavy atom. The zero-order valence-electron chi connectivity index (χ0n) is 13.8. The molecular formula is C17H19N3O5. The molecule has 0 aliphatic carbocycles. The standard InChI is InChI=1S/C17H19N3O5/c1-24-13-4-2-12(3-5-13)20-9-6-14(19-20)15(21)18-17(16(22)23)7-10-25-11-8-17/h2-6,9H,7-8,10-11H2,1H3,(H,18,21)(H,22,23). The van der Waals surface area contributed by atoms with Crippen molar-refractivity contribution in [2.45, 2.75) is 18.4 Å². The number of carbonyl (C=O) groups excluding carboxylic acids is 1. The average Bonchev–Trinajstić information content (AvgIpc) is 3.13. The SMILES string of the molecule is COc1ccc(-n2ccc(C(=O)NC3(C(=O)O)CCOCC3)n2)cc1.